The standard InChI is InChI=1S/C17H25N3O2/c1-13-3-5-14(6-4-13)11-18-16(21)17(22)19-12-15-7-9-20(2)10-8-15/h3-6,15H,7-12H2,1-2H3,(H,18,21)(H,19,22). The molecule has 1 aromatic carbocycles. The molecule has 2 rings (SSSR count). The molecule has 120 valence electrons. The maximum Gasteiger partial charge on any atom is 0.309 e. The van der Waals surface area contributed by atoms with E-state index < -0.39 is 11.8 Å². The van der Waals surface area contributed by atoms with Crippen molar-refractivity contribution in [2.24, 2.45) is 5.92 Å². The van der Waals surface area contributed by atoms with Crippen LogP contribution < -0.4 is 10.6 Å². The zero-order valence-corrected chi connectivity index (χ0v) is 13.4. The molecule has 0 aromatic heterocycles. The lowest BCUT2D eigenvalue weighted by Gasteiger charge is -2.28. The molecule has 5 nitrogen and oxygen atoms in total. The van der Waals surface area contributed by atoms with E-state index in [4.69, 9.17) is 0 Å². The fraction of sp³-hybridized carbons (Fsp3) is 0.529. The minimum Gasteiger partial charge on any atom is -0.348 e. The maximum atomic E-state index is 11.8. The normalized spacial score (nSPS) is 16.3. The van der Waals surface area contributed by atoms with Gasteiger partial charge in [-0.15, -0.1) is 0 Å². The molecule has 2 N–H and O–H groups in total. The van der Waals surface area contributed by atoms with Gasteiger partial charge in [0.05, 0.1) is 0 Å². The van der Waals surface area contributed by atoms with Crippen molar-refractivity contribution in [2.75, 3.05) is 26.7 Å². The summed E-state index contributed by atoms with van der Waals surface area (Å²) in [7, 11) is 2.10. The maximum absolute atomic E-state index is 11.8. The van der Waals surface area contributed by atoms with Gasteiger partial charge in [0, 0.05) is 13.1 Å². The third kappa shape index (κ3) is 5.15. The number of carbonyl (C=O) groups excluding carboxylic acids is 2. The Hall–Kier alpha value is -1.88. The molecule has 1 fully saturated rings. The number of hydrogen-bond acceptors (Lipinski definition) is 3. The summed E-state index contributed by atoms with van der Waals surface area (Å²) in [6, 6.07) is 7.88. The first-order chi connectivity index (χ1) is 10.5. The van der Waals surface area contributed by atoms with Crippen LogP contribution in [-0.4, -0.2) is 43.4 Å². The summed E-state index contributed by atoms with van der Waals surface area (Å²) in [5.41, 5.74) is 2.16. The number of amides is 2. The number of likely N-dealkylation sites (tertiary alicyclic amines) is 1. The summed E-state index contributed by atoms with van der Waals surface area (Å²) in [5.74, 6) is -0.621. The summed E-state index contributed by atoms with van der Waals surface area (Å²) in [6.07, 6.45) is 2.14. The first kappa shape index (κ1) is 16.5. The van der Waals surface area contributed by atoms with E-state index in [0.29, 0.717) is 19.0 Å². The predicted octanol–water partition coefficient (Wildman–Crippen LogP) is 1.07. The highest BCUT2D eigenvalue weighted by Crippen LogP contribution is 2.14. The molecule has 1 heterocycles. The molecule has 0 unspecified atom stereocenters. The fourth-order valence-corrected chi connectivity index (χ4v) is 2.55. The number of piperidine rings is 1. The second kappa shape index (κ2) is 7.94. The van der Waals surface area contributed by atoms with Gasteiger partial charge < -0.3 is 15.5 Å². The number of carbonyl (C=O) groups is 2. The number of rotatable bonds is 4. The third-order valence-electron chi connectivity index (χ3n) is 4.17. The Morgan fingerprint density at radius 2 is 1.68 bits per heavy atom. The van der Waals surface area contributed by atoms with Crippen LogP contribution in [0.4, 0.5) is 0 Å². The lowest BCUT2D eigenvalue weighted by molar-refractivity contribution is -0.139. The molecule has 1 aliphatic heterocycles. The van der Waals surface area contributed by atoms with E-state index >= 15 is 0 Å². The molecule has 5 heteroatoms. The lowest BCUT2D eigenvalue weighted by atomic mass is 9.97. The monoisotopic (exact) mass is 303 g/mol. The van der Waals surface area contributed by atoms with Crippen molar-refractivity contribution in [3.8, 4) is 0 Å². The van der Waals surface area contributed by atoms with Crippen molar-refractivity contribution in [2.45, 2.75) is 26.3 Å². The Bertz CT molecular complexity index is 505. The van der Waals surface area contributed by atoms with Crippen molar-refractivity contribution in [1.82, 2.24) is 15.5 Å². The molecule has 0 atom stereocenters. The average Bonchev–Trinajstić information content (AvgIpc) is 2.53. The van der Waals surface area contributed by atoms with E-state index in [-0.39, 0.29) is 0 Å². The molecular formula is C17H25N3O2. The summed E-state index contributed by atoms with van der Waals surface area (Å²) >= 11 is 0. The highest BCUT2D eigenvalue weighted by atomic mass is 16.2. The van der Waals surface area contributed by atoms with E-state index in [0.717, 1.165) is 31.5 Å². The second-order valence-corrected chi connectivity index (χ2v) is 6.12. The Balaban J connectivity index is 1.68. The summed E-state index contributed by atoms with van der Waals surface area (Å²) in [4.78, 5) is 25.9. The van der Waals surface area contributed by atoms with Crippen molar-refractivity contribution in [3.63, 3.8) is 0 Å². The van der Waals surface area contributed by atoms with Crippen molar-refractivity contribution in [3.05, 3.63) is 35.4 Å². The molecule has 1 aromatic rings. The van der Waals surface area contributed by atoms with Crippen LogP contribution >= 0.6 is 0 Å². The first-order valence-corrected chi connectivity index (χ1v) is 7.84. The molecular weight excluding hydrogens is 278 g/mol. The molecule has 0 bridgehead atoms. The number of nitrogens with one attached hydrogen (secondary N) is 2. The number of hydrogen-bond donors (Lipinski definition) is 2. The van der Waals surface area contributed by atoms with Crippen LogP contribution in [0.2, 0.25) is 0 Å². The zero-order valence-electron chi connectivity index (χ0n) is 13.4. The molecule has 0 spiro atoms. The lowest BCUT2D eigenvalue weighted by Crippen LogP contribution is -2.43. The largest absolute Gasteiger partial charge is 0.348 e. The minimum absolute atomic E-state index is 0.376. The van der Waals surface area contributed by atoms with E-state index in [1.54, 1.807) is 0 Å². The van der Waals surface area contributed by atoms with Crippen LogP contribution in [0.5, 0.6) is 0 Å². The summed E-state index contributed by atoms with van der Waals surface area (Å²) in [6.45, 7) is 5.09. The number of benzene rings is 1. The van der Waals surface area contributed by atoms with Crippen LogP contribution in [0.3, 0.4) is 0 Å². The van der Waals surface area contributed by atoms with Gasteiger partial charge in [0.1, 0.15) is 0 Å². The van der Waals surface area contributed by atoms with Gasteiger partial charge in [0.15, 0.2) is 0 Å². The first-order valence-electron chi connectivity index (χ1n) is 7.84. The Kier molecular flexibility index (Phi) is 5.95. The Morgan fingerprint density at radius 1 is 1.09 bits per heavy atom. The smallest absolute Gasteiger partial charge is 0.309 e. The van der Waals surface area contributed by atoms with Gasteiger partial charge in [-0.1, -0.05) is 29.8 Å². The highest BCUT2D eigenvalue weighted by Gasteiger charge is 2.19. The summed E-state index contributed by atoms with van der Waals surface area (Å²) < 4.78 is 0. The van der Waals surface area contributed by atoms with Crippen molar-refractivity contribution >= 4 is 11.8 Å². The van der Waals surface area contributed by atoms with Crippen molar-refractivity contribution in [1.29, 1.82) is 0 Å². The Labute approximate surface area is 132 Å². The molecule has 0 saturated carbocycles. The van der Waals surface area contributed by atoms with Gasteiger partial charge in [-0.05, 0) is 51.4 Å². The molecule has 1 saturated heterocycles. The van der Waals surface area contributed by atoms with Gasteiger partial charge in [0.25, 0.3) is 0 Å². The van der Waals surface area contributed by atoms with Gasteiger partial charge in [-0.2, -0.15) is 0 Å². The van der Waals surface area contributed by atoms with Crippen LogP contribution in [0.25, 0.3) is 0 Å². The average molecular weight is 303 g/mol. The molecule has 0 radical (unpaired) electrons. The zero-order chi connectivity index (χ0) is 15.9. The van der Waals surface area contributed by atoms with Crippen molar-refractivity contribution < 1.29 is 9.59 Å². The summed E-state index contributed by atoms with van der Waals surface area (Å²) in [5, 5.41) is 5.40. The second-order valence-electron chi connectivity index (χ2n) is 6.12. The van der Waals surface area contributed by atoms with Gasteiger partial charge in [0.2, 0.25) is 0 Å². The minimum atomic E-state index is -0.562. The van der Waals surface area contributed by atoms with Crippen LogP contribution in [0, 0.1) is 12.8 Å². The van der Waals surface area contributed by atoms with Gasteiger partial charge in [-0.3, -0.25) is 9.59 Å². The van der Waals surface area contributed by atoms with E-state index in [2.05, 4.69) is 22.6 Å². The fourth-order valence-electron chi connectivity index (χ4n) is 2.55. The van der Waals surface area contributed by atoms with Crippen LogP contribution in [0.15, 0.2) is 24.3 Å². The molecule has 2 amide bonds. The number of aryl methyl sites for hydroxylation is 1. The predicted molar refractivity (Wildman–Crippen MR) is 86.3 cm³/mol. The Morgan fingerprint density at radius 3 is 2.32 bits per heavy atom. The van der Waals surface area contributed by atoms with Gasteiger partial charge in [-0.25, -0.2) is 0 Å². The topological polar surface area (TPSA) is 61.4 Å². The SMILES string of the molecule is Cc1ccc(CNC(=O)C(=O)NCC2CCN(C)CC2)cc1. The van der Waals surface area contributed by atoms with Gasteiger partial charge >= 0.3 is 11.8 Å². The van der Waals surface area contributed by atoms with E-state index in [1.807, 2.05) is 31.2 Å². The molecule has 0 aliphatic carbocycles. The van der Waals surface area contributed by atoms with E-state index in [1.165, 1.54) is 5.56 Å². The molecule has 1 aliphatic rings. The quantitative estimate of drug-likeness (QED) is 0.818. The highest BCUT2D eigenvalue weighted by molar-refractivity contribution is 6.35. The van der Waals surface area contributed by atoms with E-state index in [9.17, 15) is 9.59 Å². The molecule has 22 heavy (non-hydrogen) atoms. The van der Waals surface area contributed by atoms with Crippen LogP contribution in [-0.2, 0) is 16.1 Å². The number of nitrogens with zero attached hydrogens (tertiary/aromatic N) is 1. The third-order valence-corrected chi connectivity index (χ3v) is 4.17. The van der Waals surface area contributed by atoms with Crippen LogP contribution in [0.1, 0.15) is 24.0 Å².